The summed E-state index contributed by atoms with van der Waals surface area (Å²) in [7, 11) is -1.78. The highest BCUT2D eigenvalue weighted by Crippen LogP contribution is 2.44. The molecule has 4 aromatic carbocycles. The first-order valence-electron chi connectivity index (χ1n) is 27.8. The average Bonchev–Trinajstić information content (AvgIpc) is 2.13. The number of aromatic carboxylic acids is 1. The molecule has 87 heavy (non-hydrogen) atoms. The zero-order valence-electron chi connectivity index (χ0n) is 47.7. The molecule has 12 rings (SSSR count). The Labute approximate surface area is 542 Å². The molecule has 0 radical (unpaired) electrons. The molecule has 0 bridgehead atoms. The van der Waals surface area contributed by atoms with Crippen molar-refractivity contribution >= 4 is 142 Å². The maximum atomic E-state index is 13.3. The molecule has 4 aliphatic heterocycles. The number of carboxylic acids is 1. The van der Waals surface area contributed by atoms with Crippen molar-refractivity contribution in [1.29, 1.82) is 0 Å². The predicted octanol–water partition coefficient (Wildman–Crippen LogP) is 14.2. The average molecular weight is 1320 g/mol. The lowest BCUT2D eigenvalue weighted by Gasteiger charge is -2.28. The molecule has 0 saturated carbocycles. The number of oxime groups is 2. The molecule has 0 spiro atoms. The topological polar surface area (TPSA) is 203 Å². The number of carboxylic acid groups (broad SMARTS) is 1. The predicted molar refractivity (Wildman–Crippen MR) is 352 cm³/mol. The van der Waals surface area contributed by atoms with E-state index in [9.17, 15) is 24.7 Å². The van der Waals surface area contributed by atoms with Crippen LogP contribution in [0.1, 0.15) is 153 Å². The fourth-order valence-corrected chi connectivity index (χ4v) is 13.0. The monoisotopic (exact) mass is 1320 g/mol. The molecule has 24 heteroatoms. The number of carbonyl (C=O) groups excluding carboxylic acids is 1. The van der Waals surface area contributed by atoms with E-state index in [2.05, 4.69) is 43.3 Å². The summed E-state index contributed by atoms with van der Waals surface area (Å²) in [6.45, 7) is 12.9. The van der Waals surface area contributed by atoms with Gasteiger partial charge in [-0.3, -0.25) is 4.79 Å². The van der Waals surface area contributed by atoms with Crippen LogP contribution in [0.3, 0.4) is 0 Å². The van der Waals surface area contributed by atoms with Gasteiger partial charge in [-0.2, -0.15) is 0 Å². The first-order chi connectivity index (χ1) is 40.5. The van der Waals surface area contributed by atoms with Gasteiger partial charge in [-0.1, -0.05) is 151 Å². The zero-order chi connectivity index (χ0) is 60.9. The molecule has 0 saturated heterocycles. The Morgan fingerprint density at radius 1 is 0.609 bits per heavy atom. The summed E-state index contributed by atoms with van der Waals surface area (Å²) in [5.41, 5.74) is 15.8. The minimum atomic E-state index is -0.998. The van der Waals surface area contributed by atoms with E-state index >= 15 is 0 Å². The van der Waals surface area contributed by atoms with Crippen LogP contribution in [0.5, 0.6) is 0 Å². The minimum absolute atomic E-state index is 0. The third-order valence-electron chi connectivity index (χ3n) is 16.8. The third kappa shape index (κ3) is 12.6. The number of carbonyl (C=O) groups is 2. The van der Waals surface area contributed by atoms with E-state index in [1.165, 1.54) is 0 Å². The maximum Gasteiger partial charge on any atom is 0.492 e. The number of rotatable bonds is 13. The van der Waals surface area contributed by atoms with Gasteiger partial charge in [0, 0.05) is 60.6 Å². The molecule has 15 nitrogen and oxygen atoms in total. The molecule has 4 aliphatic rings. The van der Waals surface area contributed by atoms with Gasteiger partial charge >= 0.3 is 20.2 Å². The van der Waals surface area contributed by atoms with E-state index in [1.54, 1.807) is 59.1 Å². The van der Waals surface area contributed by atoms with Gasteiger partial charge in [0.2, 0.25) is 0 Å². The molecule has 8 heterocycles. The second kappa shape index (κ2) is 26.7. The van der Waals surface area contributed by atoms with E-state index in [1.807, 2.05) is 85.1 Å². The molecule has 6 N–H and O–H groups in total. The maximum absolute atomic E-state index is 13.3. The number of fused-ring (bicyclic) bond motifs is 4. The Hall–Kier alpha value is -5.76. The second-order valence-corrected chi connectivity index (χ2v) is 24.1. The first-order valence-corrected chi connectivity index (χ1v) is 30.0. The normalized spacial score (nSPS) is 18.4. The number of nitrogens with two attached hydrogens (primary N) is 1. The number of benzene rings is 4. The molecule has 0 fully saturated rings. The van der Waals surface area contributed by atoms with Crippen molar-refractivity contribution in [2.45, 2.75) is 123 Å². The summed E-state index contributed by atoms with van der Waals surface area (Å²) in [5.74, 6) is -1.22. The molecule has 456 valence electrons. The van der Waals surface area contributed by atoms with Crippen LogP contribution in [0.4, 0.5) is 0 Å². The number of halogens is 7. The smallest absolute Gasteiger partial charge is 0.477 e. The third-order valence-corrected chi connectivity index (χ3v) is 19.2. The Kier molecular flexibility index (Phi) is 20.7. The number of amides is 1. The van der Waals surface area contributed by atoms with Gasteiger partial charge in [-0.25, -0.2) is 4.79 Å². The van der Waals surface area contributed by atoms with Crippen LogP contribution in [0.2, 0.25) is 30.1 Å². The number of aromatic nitrogens is 2. The van der Waals surface area contributed by atoms with Crippen LogP contribution < -0.4 is 22.0 Å². The molecule has 2 unspecified atom stereocenters. The summed E-state index contributed by atoms with van der Waals surface area (Å²) in [6, 6.07) is 33.3. The lowest BCUT2D eigenvalue weighted by Crippen LogP contribution is -2.30. The molecule has 8 aromatic rings. The van der Waals surface area contributed by atoms with E-state index in [-0.39, 0.29) is 37.0 Å². The summed E-state index contributed by atoms with van der Waals surface area (Å²) in [4.78, 5) is 36.4. The number of nitrogens with one attached hydrogen (secondary N) is 1. The van der Waals surface area contributed by atoms with Crippen LogP contribution in [-0.2, 0) is 54.5 Å². The molecule has 2 atom stereocenters. The Bertz CT molecular complexity index is 3960. The van der Waals surface area contributed by atoms with Crippen molar-refractivity contribution < 1.29 is 43.7 Å². The molecule has 0 aliphatic carbocycles. The zero-order valence-corrected chi connectivity index (χ0v) is 53.0. The van der Waals surface area contributed by atoms with Crippen LogP contribution in [0.15, 0.2) is 132 Å². The summed E-state index contributed by atoms with van der Waals surface area (Å²) < 4.78 is 15.1. The van der Waals surface area contributed by atoms with E-state index < -0.39 is 37.0 Å². The Balaban J connectivity index is 0.000000186. The van der Waals surface area contributed by atoms with Gasteiger partial charge in [-0.15, -0.1) is 12.4 Å². The van der Waals surface area contributed by atoms with E-state index in [4.69, 9.17) is 94.3 Å². The van der Waals surface area contributed by atoms with Gasteiger partial charge in [0.05, 0.1) is 63.8 Å². The highest BCUT2D eigenvalue weighted by molar-refractivity contribution is 6.62. The van der Waals surface area contributed by atoms with Crippen molar-refractivity contribution in [2.24, 2.45) is 16.0 Å². The van der Waals surface area contributed by atoms with Gasteiger partial charge in [0.25, 0.3) is 5.91 Å². The van der Waals surface area contributed by atoms with Crippen LogP contribution >= 0.6 is 82.0 Å². The highest BCUT2D eigenvalue weighted by atomic mass is 35.5. The number of nitrogens with zero attached hydrogens (tertiary/aromatic N) is 4. The molecular formula is C63H65B2Cl7N6O9. The number of hydrogen-bond donors (Lipinski definition) is 5. The van der Waals surface area contributed by atoms with Crippen LogP contribution in [0.25, 0.3) is 11.0 Å². The Morgan fingerprint density at radius 3 is 1.43 bits per heavy atom. The van der Waals surface area contributed by atoms with Gasteiger partial charge in [0.15, 0.2) is 11.2 Å². The lowest BCUT2D eigenvalue weighted by molar-refractivity contribution is -0.00755. The van der Waals surface area contributed by atoms with E-state index in [0.717, 1.165) is 97.9 Å². The molecular weight excluding hydrogens is 1250 g/mol. The summed E-state index contributed by atoms with van der Waals surface area (Å²) in [5, 5.41) is 43.5. The summed E-state index contributed by atoms with van der Waals surface area (Å²) in [6.07, 6.45) is 7.78. The van der Waals surface area contributed by atoms with Crippen molar-refractivity contribution in [3.63, 3.8) is 0 Å². The van der Waals surface area contributed by atoms with E-state index in [0.29, 0.717) is 67.5 Å². The highest BCUT2D eigenvalue weighted by Gasteiger charge is 2.46. The van der Waals surface area contributed by atoms with Crippen LogP contribution in [0, 0.1) is 0 Å². The van der Waals surface area contributed by atoms with Gasteiger partial charge < -0.3 is 54.0 Å². The number of hydrogen-bond acceptors (Lipinski definition) is 11. The van der Waals surface area contributed by atoms with Gasteiger partial charge in [0.1, 0.15) is 11.4 Å². The fraction of sp³-hybridized carbons (Fsp3) is 0.302. The fourth-order valence-electron chi connectivity index (χ4n) is 11.8. The Morgan fingerprint density at radius 2 is 1.01 bits per heavy atom. The quantitative estimate of drug-likeness (QED) is 0.0546. The summed E-state index contributed by atoms with van der Waals surface area (Å²) >= 11 is 37.0. The second-order valence-electron chi connectivity index (χ2n) is 21.8. The van der Waals surface area contributed by atoms with Gasteiger partial charge in [-0.05, 0) is 146 Å². The first kappa shape index (κ1) is 67.2. The van der Waals surface area contributed by atoms with Crippen molar-refractivity contribution in [2.75, 3.05) is 0 Å². The SMILES string of the molecule is C.CC1(c2cc(Cl)c(Cl)c(Cl)c2)CC(c2ccc(C(=O)O)n3cccc23)=NO1.CCC1(CC)OB(O)c2cc(CN)ccc21.CCC1(CC)OB(O)c2cc(CNC(=O)c3ccc(C4=NOC(C)(c5cc(Cl)c(Cl)c(Cl)c5)C4)c4cccn34)ccc21.Cl. The van der Waals surface area contributed by atoms with Crippen LogP contribution in [-0.4, -0.2) is 61.5 Å². The van der Waals surface area contributed by atoms with Crippen molar-refractivity contribution in [1.82, 2.24) is 14.1 Å². The number of pyridine rings is 2. The van der Waals surface area contributed by atoms with Crippen molar-refractivity contribution in [3.8, 4) is 0 Å². The standard InChI is InChI=1S/C31H29BCl3N3O4.C19H13Cl3N2O3.C12H18BNO2.CH4.ClH/c1-4-31(5-2)21-10-8-18(13-22(21)32(40)41-31)17-36-29(39)27-11-9-20(26-7-6-12-38(26)27)25-16-30(3,42-37-25)19-14-23(33)28(35)24(34)15-19;1-19(10-7-12(20)17(22)13(21)8-10)9-14(23-27-19)11-4-5-16(18(25)26)24-6-2-3-15(11)24;1-3-12(4-2)10-6-5-9(8-14)7-11(10)13(15)16-12;;/h6-15,40H,4-5,16-17H2,1-3H3,(H,36,39);2-8H,9H2,1H3,(H,25,26);5-7,15H,3-4,8,14H2,1-2H3;1H4;1H. The lowest BCUT2D eigenvalue weighted by atomic mass is 9.76. The largest absolute Gasteiger partial charge is 0.492 e. The minimum Gasteiger partial charge on any atom is -0.477 e. The molecule has 1 amide bonds. The molecule has 4 aromatic heterocycles. The van der Waals surface area contributed by atoms with Crippen molar-refractivity contribution in [3.05, 3.63) is 208 Å².